The van der Waals surface area contributed by atoms with Gasteiger partial charge in [0.2, 0.25) is 5.91 Å². The fourth-order valence-corrected chi connectivity index (χ4v) is 2.58. The number of carbonyl (C=O) groups excluding carboxylic acids is 1. The van der Waals surface area contributed by atoms with Crippen LogP contribution in [0.5, 0.6) is 0 Å². The normalized spacial score (nSPS) is 12.2. The van der Waals surface area contributed by atoms with Crippen LogP contribution in [-0.2, 0) is 4.79 Å². The lowest BCUT2D eigenvalue weighted by molar-refractivity contribution is -0.113. The molecule has 0 fully saturated rings. The van der Waals surface area contributed by atoms with E-state index in [1.54, 1.807) is 12.1 Å². The zero-order chi connectivity index (χ0) is 12.8. The minimum Gasteiger partial charge on any atom is -0.327 e. The molecule has 94 valence electrons. The molecule has 3 nitrogen and oxygen atoms in total. The Labute approximate surface area is 119 Å². The van der Waals surface area contributed by atoms with Crippen LogP contribution in [0.2, 0.25) is 5.02 Å². The Morgan fingerprint density at radius 3 is 2.94 bits per heavy atom. The van der Waals surface area contributed by atoms with Gasteiger partial charge >= 0.3 is 0 Å². The minimum atomic E-state index is -0.0696. The van der Waals surface area contributed by atoms with Crippen LogP contribution in [0.3, 0.4) is 0 Å². The fourth-order valence-electron chi connectivity index (χ4n) is 1.11. The topological polar surface area (TPSA) is 55.1 Å². The van der Waals surface area contributed by atoms with Gasteiger partial charge in [-0.2, -0.15) is 11.8 Å². The molecule has 0 bridgehead atoms. The third-order valence-corrected chi connectivity index (χ3v) is 3.85. The molecule has 1 aromatic carbocycles. The average Bonchev–Trinajstić information content (AvgIpc) is 2.21. The van der Waals surface area contributed by atoms with Crippen molar-refractivity contribution in [1.29, 1.82) is 0 Å². The molecule has 0 aliphatic heterocycles. The van der Waals surface area contributed by atoms with E-state index in [2.05, 4.69) is 21.2 Å². The van der Waals surface area contributed by atoms with Gasteiger partial charge < -0.3 is 11.1 Å². The Kier molecular flexibility index (Phi) is 6.33. The molecule has 1 unspecified atom stereocenters. The standard InChI is InChI=1S/C11H14BrClN2OS/c1-7(14)5-17-6-11(16)15-10-3-2-8(12)4-9(10)13/h2-4,7H,5-6,14H2,1H3,(H,15,16). The molecule has 0 saturated heterocycles. The van der Waals surface area contributed by atoms with Crippen molar-refractivity contribution >= 4 is 50.9 Å². The number of nitrogens with two attached hydrogens (primary N) is 1. The Balaban J connectivity index is 2.45. The second-order valence-electron chi connectivity index (χ2n) is 3.66. The Morgan fingerprint density at radius 2 is 2.35 bits per heavy atom. The average molecular weight is 338 g/mol. The number of benzene rings is 1. The van der Waals surface area contributed by atoms with E-state index in [9.17, 15) is 4.79 Å². The summed E-state index contributed by atoms with van der Waals surface area (Å²) in [6, 6.07) is 5.44. The molecule has 3 N–H and O–H groups in total. The van der Waals surface area contributed by atoms with Gasteiger partial charge in [0.15, 0.2) is 0 Å². The fraction of sp³-hybridized carbons (Fsp3) is 0.364. The van der Waals surface area contributed by atoms with Crippen LogP contribution in [-0.4, -0.2) is 23.5 Å². The van der Waals surface area contributed by atoms with Crippen molar-refractivity contribution < 1.29 is 4.79 Å². The number of hydrogen-bond donors (Lipinski definition) is 2. The van der Waals surface area contributed by atoms with Crippen molar-refractivity contribution in [3.05, 3.63) is 27.7 Å². The van der Waals surface area contributed by atoms with Gasteiger partial charge in [0.05, 0.1) is 16.5 Å². The maximum atomic E-state index is 11.6. The number of halogens is 2. The van der Waals surface area contributed by atoms with Crippen molar-refractivity contribution in [3.8, 4) is 0 Å². The van der Waals surface area contributed by atoms with Crippen LogP contribution < -0.4 is 11.1 Å². The van der Waals surface area contributed by atoms with E-state index < -0.39 is 0 Å². The van der Waals surface area contributed by atoms with Crippen LogP contribution in [0.4, 0.5) is 5.69 Å². The lowest BCUT2D eigenvalue weighted by Crippen LogP contribution is -2.20. The molecule has 0 saturated carbocycles. The molecular weight excluding hydrogens is 324 g/mol. The summed E-state index contributed by atoms with van der Waals surface area (Å²) in [5.74, 6) is 1.08. The van der Waals surface area contributed by atoms with E-state index >= 15 is 0 Å². The Hall–Kier alpha value is -0.230. The molecule has 0 heterocycles. The number of amides is 1. The lowest BCUT2D eigenvalue weighted by Gasteiger charge is -2.08. The Bertz CT molecular complexity index is 401. The van der Waals surface area contributed by atoms with E-state index in [1.807, 2.05) is 13.0 Å². The summed E-state index contributed by atoms with van der Waals surface area (Å²) in [6.07, 6.45) is 0. The SMILES string of the molecule is CC(N)CSCC(=O)Nc1ccc(Br)cc1Cl. The van der Waals surface area contributed by atoms with Gasteiger partial charge in [0, 0.05) is 16.3 Å². The van der Waals surface area contributed by atoms with E-state index in [0.29, 0.717) is 16.5 Å². The molecule has 0 aliphatic rings. The first-order valence-electron chi connectivity index (χ1n) is 5.07. The molecular formula is C11H14BrClN2OS. The Morgan fingerprint density at radius 1 is 1.65 bits per heavy atom. The monoisotopic (exact) mass is 336 g/mol. The van der Waals surface area contributed by atoms with Gasteiger partial charge in [-0.25, -0.2) is 0 Å². The second-order valence-corrected chi connectivity index (χ2v) is 6.02. The van der Waals surface area contributed by atoms with Crippen LogP contribution in [0.25, 0.3) is 0 Å². The summed E-state index contributed by atoms with van der Waals surface area (Å²) in [5, 5.41) is 3.28. The van der Waals surface area contributed by atoms with Crippen molar-refractivity contribution in [2.75, 3.05) is 16.8 Å². The molecule has 1 rings (SSSR count). The largest absolute Gasteiger partial charge is 0.327 e. The van der Waals surface area contributed by atoms with E-state index in [-0.39, 0.29) is 11.9 Å². The van der Waals surface area contributed by atoms with E-state index in [4.69, 9.17) is 17.3 Å². The summed E-state index contributed by atoms with van der Waals surface area (Å²) in [6.45, 7) is 1.91. The van der Waals surface area contributed by atoms with Crippen molar-refractivity contribution in [2.24, 2.45) is 5.73 Å². The maximum Gasteiger partial charge on any atom is 0.234 e. The predicted octanol–water partition coefficient (Wildman–Crippen LogP) is 3.12. The lowest BCUT2D eigenvalue weighted by atomic mass is 10.3. The van der Waals surface area contributed by atoms with Gasteiger partial charge in [0.25, 0.3) is 0 Å². The molecule has 0 aliphatic carbocycles. The number of thioether (sulfide) groups is 1. The third-order valence-electron chi connectivity index (χ3n) is 1.82. The molecule has 0 spiro atoms. The summed E-state index contributed by atoms with van der Waals surface area (Å²) in [4.78, 5) is 11.6. The van der Waals surface area contributed by atoms with Crippen molar-refractivity contribution in [3.63, 3.8) is 0 Å². The number of hydrogen-bond acceptors (Lipinski definition) is 3. The van der Waals surface area contributed by atoms with Crippen molar-refractivity contribution in [2.45, 2.75) is 13.0 Å². The van der Waals surface area contributed by atoms with Crippen LogP contribution in [0.1, 0.15) is 6.92 Å². The molecule has 1 amide bonds. The predicted molar refractivity (Wildman–Crippen MR) is 78.8 cm³/mol. The number of anilines is 1. The molecule has 1 atom stereocenters. The molecule has 1 aromatic rings. The zero-order valence-electron chi connectivity index (χ0n) is 9.37. The first kappa shape index (κ1) is 14.8. The highest BCUT2D eigenvalue weighted by Gasteiger charge is 2.06. The first-order chi connectivity index (χ1) is 7.99. The zero-order valence-corrected chi connectivity index (χ0v) is 12.5. The van der Waals surface area contributed by atoms with Gasteiger partial charge in [-0.3, -0.25) is 4.79 Å². The summed E-state index contributed by atoms with van der Waals surface area (Å²) >= 11 is 10.8. The van der Waals surface area contributed by atoms with E-state index in [1.165, 1.54) is 11.8 Å². The highest BCUT2D eigenvalue weighted by molar-refractivity contribution is 9.10. The highest BCUT2D eigenvalue weighted by atomic mass is 79.9. The first-order valence-corrected chi connectivity index (χ1v) is 7.40. The summed E-state index contributed by atoms with van der Waals surface area (Å²) in [7, 11) is 0. The van der Waals surface area contributed by atoms with Crippen LogP contribution >= 0.6 is 39.3 Å². The van der Waals surface area contributed by atoms with Gasteiger partial charge in [-0.1, -0.05) is 27.5 Å². The molecule has 6 heteroatoms. The van der Waals surface area contributed by atoms with E-state index in [0.717, 1.165) is 10.2 Å². The molecule has 0 radical (unpaired) electrons. The number of nitrogens with one attached hydrogen (secondary N) is 1. The van der Waals surface area contributed by atoms with Gasteiger partial charge in [0.1, 0.15) is 0 Å². The van der Waals surface area contributed by atoms with Gasteiger partial charge in [-0.15, -0.1) is 0 Å². The number of rotatable bonds is 5. The molecule has 0 aromatic heterocycles. The quantitative estimate of drug-likeness (QED) is 0.868. The van der Waals surface area contributed by atoms with Crippen LogP contribution in [0, 0.1) is 0 Å². The summed E-state index contributed by atoms with van der Waals surface area (Å²) in [5.41, 5.74) is 6.22. The third kappa shape index (κ3) is 5.77. The van der Waals surface area contributed by atoms with Crippen LogP contribution in [0.15, 0.2) is 22.7 Å². The smallest absolute Gasteiger partial charge is 0.234 e. The van der Waals surface area contributed by atoms with Crippen molar-refractivity contribution in [1.82, 2.24) is 0 Å². The summed E-state index contributed by atoms with van der Waals surface area (Å²) < 4.78 is 0.881. The highest BCUT2D eigenvalue weighted by Crippen LogP contribution is 2.25. The minimum absolute atomic E-state index is 0.0696. The molecule has 17 heavy (non-hydrogen) atoms. The maximum absolute atomic E-state index is 11.6. The van der Waals surface area contributed by atoms with Gasteiger partial charge in [-0.05, 0) is 25.1 Å². The second kappa shape index (κ2) is 7.26. The number of carbonyl (C=O) groups is 1.